The Hall–Kier alpha value is -0.890. The van der Waals surface area contributed by atoms with Gasteiger partial charge in [0.05, 0.1) is 0 Å². The van der Waals surface area contributed by atoms with E-state index in [1.54, 1.807) is 12.1 Å². The lowest BCUT2D eigenvalue weighted by Gasteiger charge is -2.29. The van der Waals surface area contributed by atoms with Gasteiger partial charge in [-0.1, -0.05) is 31.9 Å². The molecule has 1 aliphatic carbocycles. The Balaban J connectivity index is 1.87. The minimum Gasteiger partial charge on any atom is -0.314 e. The molecule has 1 nitrogen and oxygen atoms in total. The molecule has 0 aliphatic heterocycles. The predicted octanol–water partition coefficient (Wildman–Crippen LogP) is 3.54. The van der Waals surface area contributed by atoms with E-state index < -0.39 is 0 Å². The Morgan fingerprint density at radius 1 is 1.24 bits per heavy atom. The monoisotopic (exact) mass is 235 g/mol. The van der Waals surface area contributed by atoms with E-state index in [1.807, 2.05) is 12.1 Å². The normalized spacial score (nSPS) is 24.8. The third-order valence-electron chi connectivity index (χ3n) is 3.71. The zero-order valence-electron chi connectivity index (χ0n) is 10.6. The fraction of sp³-hybridized carbons (Fsp3) is 0.600. The van der Waals surface area contributed by atoms with Crippen LogP contribution in [0.25, 0.3) is 0 Å². The molecule has 2 unspecified atom stereocenters. The minimum atomic E-state index is -0.136. The quantitative estimate of drug-likeness (QED) is 0.841. The average Bonchev–Trinajstić information content (AvgIpc) is 2.33. The molecule has 94 valence electrons. The van der Waals surface area contributed by atoms with Gasteiger partial charge in [0.15, 0.2) is 0 Å². The molecule has 0 aromatic heterocycles. The van der Waals surface area contributed by atoms with Crippen LogP contribution in [0.1, 0.15) is 38.2 Å². The lowest BCUT2D eigenvalue weighted by molar-refractivity contribution is 0.287. The van der Waals surface area contributed by atoms with Crippen LogP contribution in [-0.4, -0.2) is 12.6 Å². The van der Waals surface area contributed by atoms with Gasteiger partial charge >= 0.3 is 0 Å². The Morgan fingerprint density at radius 2 is 2.00 bits per heavy atom. The van der Waals surface area contributed by atoms with E-state index in [0.29, 0.717) is 6.04 Å². The second-order valence-electron chi connectivity index (χ2n) is 5.12. The molecule has 1 aromatic rings. The lowest BCUT2D eigenvalue weighted by Crippen LogP contribution is -2.34. The molecular formula is C15H22FN. The molecule has 1 saturated carbocycles. The summed E-state index contributed by atoms with van der Waals surface area (Å²) in [5.74, 6) is 0.626. The highest BCUT2D eigenvalue weighted by Gasteiger charge is 2.21. The van der Waals surface area contributed by atoms with Crippen molar-refractivity contribution in [3.05, 3.63) is 35.6 Å². The van der Waals surface area contributed by atoms with Crippen molar-refractivity contribution in [1.82, 2.24) is 5.32 Å². The molecule has 1 aromatic carbocycles. The fourth-order valence-electron chi connectivity index (χ4n) is 2.90. The number of halogens is 1. The van der Waals surface area contributed by atoms with Crippen molar-refractivity contribution in [2.45, 2.75) is 45.1 Å². The maximum Gasteiger partial charge on any atom is 0.123 e. The first-order valence-electron chi connectivity index (χ1n) is 6.75. The summed E-state index contributed by atoms with van der Waals surface area (Å²) in [4.78, 5) is 0. The molecule has 2 atom stereocenters. The van der Waals surface area contributed by atoms with Crippen LogP contribution in [0.15, 0.2) is 24.3 Å². The van der Waals surface area contributed by atoms with Crippen molar-refractivity contribution in [1.29, 1.82) is 0 Å². The van der Waals surface area contributed by atoms with Crippen molar-refractivity contribution < 1.29 is 4.39 Å². The second kappa shape index (κ2) is 6.15. The van der Waals surface area contributed by atoms with Crippen LogP contribution in [0.5, 0.6) is 0 Å². The number of nitrogens with one attached hydrogen (secondary N) is 1. The third kappa shape index (κ3) is 3.81. The number of rotatable bonds is 4. The van der Waals surface area contributed by atoms with Crippen molar-refractivity contribution in [2.24, 2.45) is 5.92 Å². The molecule has 0 radical (unpaired) electrons. The molecule has 2 heteroatoms. The van der Waals surface area contributed by atoms with Crippen LogP contribution in [0, 0.1) is 11.7 Å². The van der Waals surface area contributed by atoms with Gasteiger partial charge in [-0.2, -0.15) is 0 Å². The van der Waals surface area contributed by atoms with Gasteiger partial charge in [0.2, 0.25) is 0 Å². The van der Waals surface area contributed by atoms with Crippen molar-refractivity contribution in [2.75, 3.05) is 6.54 Å². The van der Waals surface area contributed by atoms with Gasteiger partial charge in [0.25, 0.3) is 0 Å². The first-order chi connectivity index (χ1) is 8.28. The van der Waals surface area contributed by atoms with Gasteiger partial charge in [-0.25, -0.2) is 4.39 Å². The largest absolute Gasteiger partial charge is 0.314 e. The summed E-state index contributed by atoms with van der Waals surface area (Å²) in [7, 11) is 0. The van der Waals surface area contributed by atoms with Gasteiger partial charge in [-0.3, -0.25) is 0 Å². The highest BCUT2D eigenvalue weighted by Crippen LogP contribution is 2.27. The third-order valence-corrected chi connectivity index (χ3v) is 3.71. The predicted molar refractivity (Wildman–Crippen MR) is 69.5 cm³/mol. The highest BCUT2D eigenvalue weighted by molar-refractivity contribution is 5.16. The van der Waals surface area contributed by atoms with Gasteiger partial charge < -0.3 is 5.32 Å². The summed E-state index contributed by atoms with van der Waals surface area (Å²) in [6.07, 6.45) is 6.32. The Labute approximate surface area is 103 Å². The summed E-state index contributed by atoms with van der Waals surface area (Å²) in [5, 5.41) is 3.55. The molecule has 1 fully saturated rings. The summed E-state index contributed by atoms with van der Waals surface area (Å²) in [6.45, 7) is 3.23. The molecule has 0 saturated heterocycles. The van der Waals surface area contributed by atoms with Crippen LogP contribution < -0.4 is 5.32 Å². The number of hydrogen-bond donors (Lipinski definition) is 1. The van der Waals surface area contributed by atoms with Gasteiger partial charge in [-0.15, -0.1) is 0 Å². The summed E-state index contributed by atoms with van der Waals surface area (Å²) >= 11 is 0. The maximum absolute atomic E-state index is 12.8. The van der Waals surface area contributed by atoms with Crippen LogP contribution in [0.3, 0.4) is 0 Å². The lowest BCUT2D eigenvalue weighted by atomic mass is 9.82. The van der Waals surface area contributed by atoms with E-state index >= 15 is 0 Å². The molecule has 2 rings (SSSR count). The summed E-state index contributed by atoms with van der Waals surface area (Å²) < 4.78 is 12.8. The van der Waals surface area contributed by atoms with Gasteiger partial charge in [0, 0.05) is 6.04 Å². The molecule has 1 N–H and O–H groups in total. The highest BCUT2D eigenvalue weighted by atomic mass is 19.1. The van der Waals surface area contributed by atoms with Gasteiger partial charge in [-0.05, 0) is 49.4 Å². The average molecular weight is 235 g/mol. The molecule has 0 bridgehead atoms. The zero-order chi connectivity index (χ0) is 12.1. The van der Waals surface area contributed by atoms with Crippen molar-refractivity contribution >= 4 is 0 Å². The number of benzene rings is 1. The van der Waals surface area contributed by atoms with E-state index in [0.717, 1.165) is 18.9 Å². The first kappa shape index (κ1) is 12.6. The molecule has 0 spiro atoms. The molecule has 1 aliphatic rings. The smallest absolute Gasteiger partial charge is 0.123 e. The van der Waals surface area contributed by atoms with E-state index in [4.69, 9.17) is 0 Å². The maximum atomic E-state index is 12.8. The van der Waals surface area contributed by atoms with Crippen molar-refractivity contribution in [3.8, 4) is 0 Å². The van der Waals surface area contributed by atoms with Crippen LogP contribution in [0.4, 0.5) is 4.39 Å². The molecule has 17 heavy (non-hydrogen) atoms. The van der Waals surface area contributed by atoms with E-state index in [9.17, 15) is 4.39 Å². The summed E-state index contributed by atoms with van der Waals surface area (Å²) in [6, 6.07) is 7.68. The number of hydrogen-bond acceptors (Lipinski definition) is 1. The van der Waals surface area contributed by atoms with Crippen LogP contribution in [-0.2, 0) is 6.42 Å². The Kier molecular flexibility index (Phi) is 4.55. The minimum absolute atomic E-state index is 0.136. The first-order valence-corrected chi connectivity index (χ1v) is 6.75. The standard InChI is InChI=1S/C15H22FN/c1-2-17-15-5-3-4-13(11-15)10-12-6-8-14(16)9-7-12/h6-9,13,15,17H,2-5,10-11H2,1H3. The topological polar surface area (TPSA) is 12.0 Å². The second-order valence-corrected chi connectivity index (χ2v) is 5.12. The van der Waals surface area contributed by atoms with E-state index in [-0.39, 0.29) is 5.82 Å². The van der Waals surface area contributed by atoms with Crippen molar-refractivity contribution in [3.63, 3.8) is 0 Å². The van der Waals surface area contributed by atoms with Gasteiger partial charge in [0.1, 0.15) is 5.82 Å². The van der Waals surface area contributed by atoms with Crippen LogP contribution in [0.2, 0.25) is 0 Å². The fourth-order valence-corrected chi connectivity index (χ4v) is 2.90. The Morgan fingerprint density at radius 3 is 2.71 bits per heavy atom. The van der Waals surface area contributed by atoms with E-state index in [1.165, 1.54) is 31.2 Å². The summed E-state index contributed by atoms with van der Waals surface area (Å²) in [5.41, 5.74) is 1.27. The zero-order valence-corrected chi connectivity index (χ0v) is 10.6. The molecule has 0 heterocycles. The SMILES string of the molecule is CCNC1CCCC(Cc2ccc(F)cc2)C1. The Bertz CT molecular complexity index is 331. The molecular weight excluding hydrogens is 213 g/mol. The van der Waals surface area contributed by atoms with Crippen LogP contribution >= 0.6 is 0 Å². The van der Waals surface area contributed by atoms with E-state index in [2.05, 4.69) is 12.2 Å². The molecule has 0 amide bonds.